The zero-order valence-corrected chi connectivity index (χ0v) is 12.8. The van der Waals surface area contributed by atoms with Crippen LogP contribution < -0.4 is 0 Å². The summed E-state index contributed by atoms with van der Waals surface area (Å²) >= 11 is 0. The molecule has 0 aliphatic heterocycles. The van der Waals surface area contributed by atoms with Gasteiger partial charge in [0.2, 0.25) is 0 Å². The topological polar surface area (TPSA) is 0 Å². The molecule has 0 nitrogen and oxygen atoms in total. The zero-order valence-electron chi connectivity index (χ0n) is 8.41. The number of halogens is 1. The van der Waals surface area contributed by atoms with E-state index >= 15 is 0 Å². The molecule has 0 saturated heterocycles. The normalized spacial score (nSPS) is 19.6. The Bertz CT molecular complexity index is 224. The predicted octanol–water partition coefficient (Wildman–Crippen LogP) is 3.53. The smallest absolute Gasteiger partial charge is 0 e. The van der Waals surface area contributed by atoms with Crippen molar-refractivity contribution in [3.8, 4) is 0 Å². The summed E-state index contributed by atoms with van der Waals surface area (Å²) in [6.45, 7) is 10.9. The SMILES string of the molecule is CC1=[C-]C(C)(C)C(C)=C1C.Cl.[Hf]. The van der Waals surface area contributed by atoms with Gasteiger partial charge in [-0.3, -0.25) is 6.08 Å². The van der Waals surface area contributed by atoms with E-state index in [9.17, 15) is 0 Å². The third-order valence-electron chi connectivity index (χ3n) is 2.56. The first kappa shape index (κ1) is 15.1. The molecule has 0 unspecified atom stereocenters. The molecule has 12 heavy (non-hydrogen) atoms. The molecule has 2 heteroatoms. The average molecular weight is 350 g/mol. The molecule has 0 amide bonds. The van der Waals surface area contributed by atoms with E-state index in [1.807, 2.05) is 0 Å². The molecule has 0 atom stereocenters. The van der Waals surface area contributed by atoms with Gasteiger partial charge in [-0.15, -0.1) is 19.3 Å². The standard InChI is InChI=1S/C10H15.ClH.Hf/c1-7-6-10(4,5)9(3)8(7)2;;/h1-5H3;1H;/q-1;;. The Hall–Kier alpha value is 0.640. The van der Waals surface area contributed by atoms with Crippen LogP contribution in [-0.2, 0) is 25.8 Å². The van der Waals surface area contributed by atoms with Crippen molar-refractivity contribution in [1.29, 1.82) is 0 Å². The molecule has 1 aliphatic rings. The van der Waals surface area contributed by atoms with Crippen LogP contribution in [0, 0.1) is 11.5 Å². The van der Waals surface area contributed by atoms with E-state index in [-0.39, 0.29) is 43.7 Å². The van der Waals surface area contributed by atoms with Gasteiger partial charge in [0.05, 0.1) is 0 Å². The van der Waals surface area contributed by atoms with Crippen LogP contribution in [0.5, 0.6) is 0 Å². The molecule has 0 aromatic carbocycles. The first-order chi connectivity index (χ1) is 4.45. The predicted molar refractivity (Wildman–Crippen MR) is 51.8 cm³/mol. The molecule has 1 aliphatic carbocycles. The van der Waals surface area contributed by atoms with Crippen LogP contribution in [0.2, 0.25) is 0 Å². The van der Waals surface area contributed by atoms with E-state index in [1.54, 1.807) is 0 Å². The first-order valence-electron chi connectivity index (χ1n) is 3.75. The maximum absolute atomic E-state index is 3.44. The van der Waals surface area contributed by atoms with Crippen molar-refractivity contribution >= 4 is 12.4 Å². The van der Waals surface area contributed by atoms with Crippen LogP contribution in [0.25, 0.3) is 0 Å². The van der Waals surface area contributed by atoms with E-state index in [1.165, 1.54) is 16.7 Å². The molecule has 0 radical (unpaired) electrons. The Morgan fingerprint density at radius 3 is 1.58 bits per heavy atom. The van der Waals surface area contributed by atoms with Gasteiger partial charge >= 0.3 is 0 Å². The summed E-state index contributed by atoms with van der Waals surface area (Å²) in [5.74, 6) is 0. The van der Waals surface area contributed by atoms with Crippen molar-refractivity contribution < 1.29 is 25.8 Å². The maximum Gasteiger partial charge on any atom is 0 e. The van der Waals surface area contributed by atoms with E-state index in [0.717, 1.165) is 0 Å². The molecule has 68 valence electrons. The number of rotatable bonds is 0. The molecule has 1 rings (SSSR count). The fraction of sp³-hybridized carbons (Fsp3) is 0.600. The summed E-state index contributed by atoms with van der Waals surface area (Å²) in [6.07, 6.45) is 3.44. The number of hydrogen-bond donors (Lipinski definition) is 0. The van der Waals surface area contributed by atoms with Crippen molar-refractivity contribution in [3.63, 3.8) is 0 Å². The molecule has 0 fully saturated rings. The summed E-state index contributed by atoms with van der Waals surface area (Å²) < 4.78 is 0. The summed E-state index contributed by atoms with van der Waals surface area (Å²) in [5.41, 5.74) is 4.39. The second-order valence-corrected chi connectivity index (χ2v) is 3.62. The van der Waals surface area contributed by atoms with Crippen LogP contribution in [-0.4, -0.2) is 0 Å². The minimum absolute atomic E-state index is 0. The maximum atomic E-state index is 3.44. The zero-order chi connectivity index (χ0) is 7.94. The van der Waals surface area contributed by atoms with E-state index in [4.69, 9.17) is 0 Å². The second-order valence-electron chi connectivity index (χ2n) is 3.62. The molecule has 0 bridgehead atoms. The van der Waals surface area contributed by atoms with E-state index in [2.05, 4.69) is 40.7 Å². The number of allylic oxidation sites excluding steroid dienone is 4. The van der Waals surface area contributed by atoms with Gasteiger partial charge in [0.1, 0.15) is 0 Å². The van der Waals surface area contributed by atoms with Gasteiger partial charge in [-0.1, -0.05) is 33.1 Å². The molecular formula is C10H16ClHf-. The van der Waals surface area contributed by atoms with Crippen LogP contribution in [0.1, 0.15) is 34.6 Å². The fourth-order valence-electron chi connectivity index (χ4n) is 1.41. The Kier molecular flexibility index (Phi) is 6.00. The molecule has 0 aromatic rings. The summed E-state index contributed by atoms with van der Waals surface area (Å²) in [7, 11) is 0. The molecule has 0 saturated carbocycles. The summed E-state index contributed by atoms with van der Waals surface area (Å²) in [4.78, 5) is 0. The third-order valence-corrected chi connectivity index (χ3v) is 2.56. The van der Waals surface area contributed by atoms with Crippen molar-refractivity contribution in [2.45, 2.75) is 34.6 Å². The van der Waals surface area contributed by atoms with Crippen LogP contribution in [0.3, 0.4) is 0 Å². The molecule has 0 N–H and O–H groups in total. The summed E-state index contributed by atoms with van der Waals surface area (Å²) in [6, 6.07) is 0. The first-order valence-corrected chi connectivity index (χ1v) is 3.75. The van der Waals surface area contributed by atoms with E-state index in [0.29, 0.717) is 0 Å². The largest absolute Gasteiger partial charge is 0.263 e. The number of hydrogen-bond acceptors (Lipinski definition) is 0. The van der Waals surface area contributed by atoms with Crippen LogP contribution in [0.15, 0.2) is 16.7 Å². The average Bonchev–Trinajstić information content (AvgIpc) is 1.95. The molecule has 0 heterocycles. The van der Waals surface area contributed by atoms with Crippen LogP contribution in [0.4, 0.5) is 0 Å². The fourth-order valence-corrected chi connectivity index (χ4v) is 1.41. The van der Waals surface area contributed by atoms with Gasteiger partial charge in [-0.05, 0) is 0 Å². The Balaban J connectivity index is 0. The third kappa shape index (κ3) is 2.56. The Morgan fingerprint density at radius 1 is 1.08 bits per heavy atom. The minimum atomic E-state index is 0. The monoisotopic (exact) mass is 351 g/mol. The van der Waals surface area contributed by atoms with Crippen LogP contribution >= 0.6 is 12.4 Å². The van der Waals surface area contributed by atoms with Gasteiger partial charge < -0.3 is 0 Å². The van der Waals surface area contributed by atoms with Crippen molar-refractivity contribution in [2.75, 3.05) is 0 Å². The Morgan fingerprint density at radius 2 is 1.50 bits per heavy atom. The second kappa shape index (κ2) is 4.76. The molecule has 0 spiro atoms. The van der Waals surface area contributed by atoms with Gasteiger partial charge in [0.15, 0.2) is 0 Å². The Labute approximate surface area is 101 Å². The van der Waals surface area contributed by atoms with Crippen molar-refractivity contribution in [2.24, 2.45) is 5.41 Å². The van der Waals surface area contributed by atoms with Gasteiger partial charge in [0, 0.05) is 25.8 Å². The molecule has 0 aromatic heterocycles. The van der Waals surface area contributed by atoms with Gasteiger partial charge in [0.25, 0.3) is 0 Å². The van der Waals surface area contributed by atoms with Crippen molar-refractivity contribution in [1.82, 2.24) is 0 Å². The molecular weight excluding hydrogens is 334 g/mol. The van der Waals surface area contributed by atoms with Gasteiger partial charge in [-0.25, -0.2) is 5.57 Å². The quantitative estimate of drug-likeness (QED) is 0.463. The van der Waals surface area contributed by atoms with E-state index < -0.39 is 0 Å². The minimum Gasteiger partial charge on any atom is -0.263 e. The van der Waals surface area contributed by atoms with Gasteiger partial charge in [-0.2, -0.15) is 11.1 Å². The summed E-state index contributed by atoms with van der Waals surface area (Å²) in [5, 5.41) is 0. The van der Waals surface area contributed by atoms with Crippen molar-refractivity contribution in [3.05, 3.63) is 22.8 Å².